The van der Waals surface area contributed by atoms with E-state index in [0.717, 1.165) is 29.4 Å². The second-order valence-electron chi connectivity index (χ2n) is 5.68. The summed E-state index contributed by atoms with van der Waals surface area (Å²) in [7, 11) is 0. The van der Waals surface area contributed by atoms with Crippen LogP contribution in [0.1, 0.15) is 27.9 Å². The van der Waals surface area contributed by atoms with Crippen molar-refractivity contribution in [3.63, 3.8) is 0 Å². The molecule has 4 nitrogen and oxygen atoms in total. The van der Waals surface area contributed by atoms with E-state index in [9.17, 15) is 9.59 Å². The van der Waals surface area contributed by atoms with Crippen LogP contribution in [0.15, 0.2) is 53.5 Å². The van der Waals surface area contributed by atoms with Crippen LogP contribution in [0.3, 0.4) is 0 Å². The van der Waals surface area contributed by atoms with Gasteiger partial charge in [-0.1, -0.05) is 6.58 Å². The van der Waals surface area contributed by atoms with Gasteiger partial charge in [0.2, 0.25) is 5.91 Å². The van der Waals surface area contributed by atoms with E-state index >= 15 is 0 Å². The molecule has 24 heavy (non-hydrogen) atoms. The third-order valence-corrected chi connectivity index (χ3v) is 4.69. The molecule has 0 radical (unpaired) electrons. The fourth-order valence-corrected chi connectivity index (χ4v) is 3.27. The first kappa shape index (κ1) is 16.5. The lowest BCUT2D eigenvalue weighted by atomic mass is 10.1. The van der Waals surface area contributed by atoms with Gasteiger partial charge in [-0.3, -0.25) is 9.59 Å². The first-order valence-electron chi connectivity index (χ1n) is 7.73. The number of amides is 2. The Morgan fingerprint density at radius 1 is 1.04 bits per heavy atom. The molecule has 0 spiro atoms. The fourth-order valence-electron chi connectivity index (χ4n) is 2.78. The number of carbonyl (C=O) groups excluding carboxylic acids is 2. The van der Waals surface area contributed by atoms with Crippen LogP contribution in [0.25, 0.3) is 0 Å². The zero-order valence-electron chi connectivity index (χ0n) is 13.1. The number of hydrogen-bond acceptors (Lipinski definition) is 2. The average molecular weight is 385 g/mol. The highest BCUT2D eigenvalue weighted by Crippen LogP contribution is 2.32. The number of carbonyl (C=O) groups is 2. The van der Waals surface area contributed by atoms with Crippen molar-refractivity contribution in [3.05, 3.63) is 70.2 Å². The van der Waals surface area contributed by atoms with Crippen molar-refractivity contribution in [1.29, 1.82) is 0 Å². The molecule has 2 aromatic rings. The van der Waals surface area contributed by atoms with Gasteiger partial charge in [-0.25, -0.2) is 0 Å². The van der Waals surface area contributed by atoms with Crippen molar-refractivity contribution < 1.29 is 9.59 Å². The Morgan fingerprint density at radius 2 is 1.71 bits per heavy atom. The fraction of sp³-hybridized carbons (Fsp3) is 0.158. The molecule has 5 heteroatoms. The van der Waals surface area contributed by atoms with E-state index in [1.54, 1.807) is 24.3 Å². The molecular weight excluding hydrogens is 368 g/mol. The monoisotopic (exact) mass is 384 g/mol. The summed E-state index contributed by atoms with van der Waals surface area (Å²) >= 11 is 3.53. The van der Waals surface area contributed by atoms with Crippen LogP contribution >= 0.6 is 15.9 Å². The lowest BCUT2D eigenvalue weighted by Crippen LogP contribution is -2.13. The van der Waals surface area contributed by atoms with Gasteiger partial charge < -0.3 is 10.6 Å². The Balaban J connectivity index is 1.73. The van der Waals surface area contributed by atoms with Crippen LogP contribution in [-0.2, 0) is 17.6 Å². The maximum Gasteiger partial charge on any atom is 0.255 e. The van der Waals surface area contributed by atoms with E-state index in [1.807, 2.05) is 6.07 Å². The molecule has 2 aromatic carbocycles. The summed E-state index contributed by atoms with van der Waals surface area (Å²) < 4.78 is 0.895. The van der Waals surface area contributed by atoms with Crippen LogP contribution in [0.2, 0.25) is 0 Å². The lowest BCUT2D eigenvalue weighted by Gasteiger charge is -2.11. The molecule has 0 saturated heterocycles. The maximum absolute atomic E-state index is 12.4. The number of benzene rings is 2. The van der Waals surface area contributed by atoms with Gasteiger partial charge >= 0.3 is 0 Å². The topological polar surface area (TPSA) is 58.2 Å². The summed E-state index contributed by atoms with van der Waals surface area (Å²) in [5.74, 6) is -0.468. The minimum atomic E-state index is -0.283. The van der Waals surface area contributed by atoms with Crippen molar-refractivity contribution in [2.75, 3.05) is 10.6 Å². The molecule has 0 atom stereocenters. The lowest BCUT2D eigenvalue weighted by molar-refractivity contribution is -0.111. The van der Waals surface area contributed by atoms with E-state index in [1.165, 1.54) is 17.2 Å². The van der Waals surface area contributed by atoms with E-state index in [-0.39, 0.29) is 11.8 Å². The third kappa shape index (κ3) is 3.57. The van der Waals surface area contributed by atoms with E-state index < -0.39 is 0 Å². The average Bonchev–Trinajstić information content (AvgIpc) is 3.02. The number of aryl methyl sites for hydroxylation is 2. The summed E-state index contributed by atoms with van der Waals surface area (Å²) in [6, 6.07) is 10.9. The van der Waals surface area contributed by atoms with Gasteiger partial charge in [-0.2, -0.15) is 0 Å². The molecule has 2 N–H and O–H groups in total. The molecule has 0 unspecified atom stereocenters. The highest BCUT2D eigenvalue weighted by Gasteiger charge is 2.15. The van der Waals surface area contributed by atoms with Crippen molar-refractivity contribution in [2.24, 2.45) is 0 Å². The molecule has 2 amide bonds. The quantitative estimate of drug-likeness (QED) is 0.771. The standard InChI is InChI=1S/C19H17BrN2O2/c1-2-18(23)21-15-8-6-12(7-9-15)19(24)22-17-11-14-5-3-4-13(14)10-16(17)20/h2,6-11H,1,3-5H2,(H,21,23)(H,22,24). The number of anilines is 2. The van der Waals surface area contributed by atoms with Crippen LogP contribution in [-0.4, -0.2) is 11.8 Å². The molecule has 1 aliphatic rings. The van der Waals surface area contributed by atoms with Gasteiger partial charge in [0.1, 0.15) is 0 Å². The summed E-state index contributed by atoms with van der Waals surface area (Å²) in [6.07, 6.45) is 4.52. The highest BCUT2D eigenvalue weighted by molar-refractivity contribution is 9.10. The summed E-state index contributed by atoms with van der Waals surface area (Å²) in [4.78, 5) is 23.7. The van der Waals surface area contributed by atoms with E-state index in [4.69, 9.17) is 0 Å². The molecule has 1 aliphatic carbocycles. The van der Waals surface area contributed by atoms with Crippen molar-refractivity contribution >= 4 is 39.1 Å². The van der Waals surface area contributed by atoms with Crippen molar-refractivity contribution in [3.8, 4) is 0 Å². The SMILES string of the molecule is C=CC(=O)Nc1ccc(C(=O)Nc2cc3c(cc2Br)CCC3)cc1. The summed E-state index contributed by atoms with van der Waals surface area (Å²) in [6.45, 7) is 3.40. The van der Waals surface area contributed by atoms with Gasteiger partial charge in [-0.15, -0.1) is 0 Å². The maximum atomic E-state index is 12.4. The molecule has 0 aromatic heterocycles. The highest BCUT2D eigenvalue weighted by atomic mass is 79.9. The Kier molecular flexibility index (Phi) is 4.81. The van der Waals surface area contributed by atoms with Gasteiger partial charge in [0.15, 0.2) is 0 Å². The molecule has 0 saturated carbocycles. The smallest absolute Gasteiger partial charge is 0.255 e. The van der Waals surface area contributed by atoms with Crippen LogP contribution in [0.5, 0.6) is 0 Å². The van der Waals surface area contributed by atoms with Gasteiger partial charge in [0, 0.05) is 15.7 Å². The Bertz CT molecular complexity index is 813. The Morgan fingerprint density at radius 3 is 2.38 bits per heavy atom. The van der Waals surface area contributed by atoms with Gasteiger partial charge in [0.25, 0.3) is 5.91 Å². The Labute approximate surface area is 149 Å². The molecule has 0 heterocycles. The van der Waals surface area contributed by atoms with Gasteiger partial charge in [-0.05, 0) is 88.8 Å². The minimum absolute atomic E-state index is 0.185. The van der Waals surface area contributed by atoms with Gasteiger partial charge in [0.05, 0.1) is 5.69 Å². The zero-order chi connectivity index (χ0) is 17.1. The molecule has 3 rings (SSSR count). The minimum Gasteiger partial charge on any atom is -0.323 e. The summed E-state index contributed by atoms with van der Waals surface area (Å²) in [5.41, 5.74) is 4.58. The number of nitrogens with one attached hydrogen (secondary N) is 2. The molecule has 0 aliphatic heterocycles. The summed E-state index contributed by atoms with van der Waals surface area (Å²) in [5, 5.41) is 5.59. The molecular formula is C19H17BrN2O2. The first-order chi connectivity index (χ1) is 11.6. The van der Waals surface area contributed by atoms with Crippen molar-refractivity contribution in [1.82, 2.24) is 0 Å². The number of fused-ring (bicyclic) bond motifs is 1. The second-order valence-corrected chi connectivity index (χ2v) is 6.53. The predicted molar refractivity (Wildman–Crippen MR) is 99.4 cm³/mol. The van der Waals surface area contributed by atoms with Crippen molar-refractivity contribution in [2.45, 2.75) is 19.3 Å². The molecule has 122 valence electrons. The number of rotatable bonds is 4. The van der Waals surface area contributed by atoms with Crippen LogP contribution in [0, 0.1) is 0 Å². The van der Waals surface area contributed by atoms with E-state index in [0.29, 0.717) is 11.3 Å². The molecule has 0 fully saturated rings. The zero-order valence-corrected chi connectivity index (χ0v) is 14.7. The normalized spacial score (nSPS) is 12.4. The first-order valence-corrected chi connectivity index (χ1v) is 8.52. The van der Waals surface area contributed by atoms with Crippen LogP contribution in [0.4, 0.5) is 11.4 Å². The molecule has 0 bridgehead atoms. The number of halogens is 1. The largest absolute Gasteiger partial charge is 0.323 e. The van der Waals surface area contributed by atoms with E-state index in [2.05, 4.69) is 39.2 Å². The van der Waals surface area contributed by atoms with Crippen LogP contribution < -0.4 is 10.6 Å². The Hall–Kier alpha value is -2.40. The second kappa shape index (κ2) is 7.01. The predicted octanol–water partition coefficient (Wildman–Crippen LogP) is 4.31. The number of hydrogen-bond donors (Lipinski definition) is 2. The third-order valence-electron chi connectivity index (χ3n) is 4.03.